The zero-order valence-corrected chi connectivity index (χ0v) is 16.9. The predicted octanol–water partition coefficient (Wildman–Crippen LogP) is 3.90. The Hall–Kier alpha value is -2.43. The Bertz CT molecular complexity index is 980. The number of aliphatic hydroxyl groups excluding tert-OH is 1. The molecule has 0 saturated carbocycles. The number of benzene rings is 2. The van der Waals surface area contributed by atoms with Gasteiger partial charge in [-0.1, -0.05) is 35.9 Å². The summed E-state index contributed by atoms with van der Waals surface area (Å²) in [5.41, 5.74) is 5.89. The third-order valence-electron chi connectivity index (χ3n) is 5.80. The minimum Gasteiger partial charge on any atom is -0.496 e. The van der Waals surface area contributed by atoms with Crippen LogP contribution in [-0.2, 0) is 13.0 Å². The van der Waals surface area contributed by atoms with Crippen LogP contribution in [0.15, 0.2) is 48.7 Å². The minimum absolute atomic E-state index is 0.225. The number of methoxy groups -OCH3 is 1. The number of aromatic nitrogens is 1. The number of nitrogens with zero attached hydrogens (tertiary/aromatic N) is 2. The summed E-state index contributed by atoms with van der Waals surface area (Å²) < 4.78 is 5.64. The van der Waals surface area contributed by atoms with Gasteiger partial charge >= 0.3 is 0 Å². The zero-order chi connectivity index (χ0) is 19.7. The number of rotatable bonds is 5. The summed E-state index contributed by atoms with van der Waals surface area (Å²) in [6.07, 6.45) is 2.42. The second-order valence-electron chi connectivity index (χ2n) is 7.99. The maximum Gasteiger partial charge on any atom is 0.126 e. The third kappa shape index (κ3) is 3.75. The van der Waals surface area contributed by atoms with Gasteiger partial charge in [-0.25, -0.2) is 0 Å². The van der Waals surface area contributed by atoms with Crippen LogP contribution >= 0.6 is 0 Å². The molecule has 4 rings (SSSR count). The molecule has 1 saturated heterocycles. The van der Waals surface area contributed by atoms with Gasteiger partial charge in [0.25, 0.3) is 0 Å². The molecule has 0 unspecified atom stereocenters. The SMILES string of the molecule is COc1c(C)cc(C)cc1CN1C[C@@H](Cc2ccnc3ccccc23)[C@@H](O)C1. The fourth-order valence-electron chi connectivity index (χ4n) is 4.58. The first kappa shape index (κ1) is 18.9. The van der Waals surface area contributed by atoms with Gasteiger partial charge in [0.1, 0.15) is 5.75 Å². The molecule has 4 nitrogen and oxygen atoms in total. The molecule has 1 aliphatic rings. The summed E-state index contributed by atoms with van der Waals surface area (Å²) in [6.45, 7) is 6.59. The first-order chi connectivity index (χ1) is 13.5. The summed E-state index contributed by atoms with van der Waals surface area (Å²) in [5, 5.41) is 11.9. The molecule has 3 aromatic rings. The van der Waals surface area contributed by atoms with E-state index >= 15 is 0 Å². The van der Waals surface area contributed by atoms with E-state index in [2.05, 4.69) is 54.1 Å². The standard InChI is InChI=1S/C24H28N2O2/c1-16-10-17(2)24(28-3)20(11-16)14-26-13-19(23(27)15-26)12-18-8-9-25-22-7-5-4-6-21(18)22/h4-11,19,23,27H,12-15H2,1-3H3/t19-,23+/m1/s1. The molecule has 0 bridgehead atoms. The van der Waals surface area contributed by atoms with E-state index in [9.17, 15) is 5.11 Å². The number of pyridine rings is 1. The summed E-state index contributed by atoms with van der Waals surface area (Å²) in [4.78, 5) is 6.80. The van der Waals surface area contributed by atoms with Gasteiger partial charge in [-0.3, -0.25) is 9.88 Å². The normalized spacial score (nSPS) is 20.0. The molecule has 28 heavy (non-hydrogen) atoms. The molecule has 1 fully saturated rings. The Morgan fingerprint density at radius 2 is 1.93 bits per heavy atom. The highest BCUT2D eigenvalue weighted by Gasteiger charge is 2.32. The van der Waals surface area contributed by atoms with Crippen molar-refractivity contribution in [1.29, 1.82) is 0 Å². The fraction of sp³-hybridized carbons (Fsp3) is 0.375. The highest BCUT2D eigenvalue weighted by molar-refractivity contribution is 5.81. The van der Waals surface area contributed by atoms with Gasteiger partial charge in [0.05, 0.1) is 18.7 Å². The van der Waals surface area contributed by atoms with Crippen molar-refractivity contribution in [2.45, 2.75) is 32.9 Å². The molecule has 4 heteroatoms. The minimum atomic E-state index is -0.316. The summed E-state index contributed by atoms with van der Waals surface area (Å²) in [7, 11) is 1.73. The van der Waals surface area contributed by atoms with Gasteiger partial charge in [-0.05, 0) is 43.5 Å². The van der Waals surface area contributed by atoms with Crippen LogP contribution in [0.5, 0.6) is 5.75 Å². The highest BCUT2D eigenvalue weighted by atomic mass is 16.5. The zero-order valence-electron chi connectivity index (χ0n) is 16.9. The summed E-state index contributed by atoms with van der Waals surface area (Å²) in [6, 6.07) is 14.7. The molecular weight excluding hydrogens is 348 g/mol. The lowest BCUT2D eigenvalue weighted by Gasteiger charge is -2.19. The number of fused-ring (bicyclic) bond motifs is 1. The van der Waals surface area contributed by atoms with Crippen molar-refractivity contribution in [1.82, 2.24) is 9.88 Å². The van der Waals surface area contributed by atoms with Crippen LogP contribution in [0.25, 0.3) is 10.9 Å². The number of aliphatic hydroxyl groups is 1. The number of likely N-dealkylation sites (tertiary alicyclic amines) is 1. The molecule has 1 N–H and O–H groups in total. The molecule has 146 valence electrons. The lowest BCUT2D eigenvalue weighted by Crippen LogP contribution is -2.22. The lowest BCUT2D eigenvalue weighted by molar-refractivity contribution is 0.141. The second kappa shape index (κ2) is 7.90. The smallest absolute Gasteiger partial charge is 0.126 e. The van der Waals surface area contributed by atoms with E-state index in [0.29, 0.717) is 6.54 Å². The maximum atomic E-state index is 10.7. The number of para-hydroxylation sites is 1. The maximum absolute atomic E-state index is 10.7. The van der Waals surface area contributed by atoms with E-state index in [1.165, 1.54) is 22.1 Å². The van der Waals surface area contributed by atoms with Crippen molar-refractivity contribution in [2.75, 3.05) is 20.2 Å². The number of β-amino-alcohol motifs (C(OH)–C–C–N with tert-alkyl or cyclic N) is 1. The molecule has 1 aromatic heterocycles. The molecule has 2 aromatic carbocycles. The quantitative estimate of drug-likeness (QED) is 0.734. The van der Waals surface area contributed by atoms with Crippen LogP contribution < -0.4 is 4.74 Å². The number of hydrogen-bond acceptors (Lipinski definition) is 4. The molecule has 0 spiro atoms. The number of aryl methyl sites for hydroxylation is 2. The molecule has 1 aliphatic heterocycles. The van der Waals surface area contributed by atoms with E-state index in [0.717, 1.165) is 36.3 Å². The Kier molecular flexibility index (Phi) is 5.33. The second-order valence-corrected chi connectivity index (χ2v) is 7.99. The third-order valence-corrected chi connectivity index (χ3v) is 5.80. The molecule has 2 atom stereocenters. The van der Waals surface area contributed by atoms with Crippen LogP contribution in [-0.4, -0.2) is 41.3 Å². The van der Waals surface area contributed by atoms with Crippen molar-refractivity contribution < 1.29 is 9.84 Å². The Balaban J connectivity index is 1.51. The van der Waals surface area contributed by atoms with Crippen LogP contribution in [0.4, 0.5) is 0 Å². The topological polar surface area (TPSA) is 45.6 Å². The molecule has 0 amide bonds. The molecule has 2 heterocycles. The first-order valence-corrected chi connectivity index (χ1v) is 9.92. The van der Waals surface area contributed by atoms with Crippen molar-refractivity contribution in [3.05, 3.63) is 70.9 Å². The van der Waals surface area contributed by atoms with Gasteiger partial charge in [-0.2, -0.15) is 0 Å². The number of hydrogen-bond donors (Lipinski definition) is 1. The van der Waals surface area contributed by atoms with Crippen LogP contribution in [0.1, 0.15) is 22.3 Å². The van der Waals surface area contributed by atoms with Crippen molar-refractivity contribution in [2.24, 2.45) is 5.92 Å². The van der Waals surface area contributed by atoms with Crippen LogP contribution in [0.3, 0.4) is 0 Å². The number of ether oxygens (including phenoxy) is 1. The Morgan fingerprint density at radius 1 is 1.11 bits per heavy atom. The van der Waals surface area contributed by atoms with Crippen molar-refractivity contribution in [3.8, 4) is 5.75 Å². The van der Waals surface area contributed by atoms with E-state index in [1.807, 2.05) is 18.3 Å². The van der Waals surface area contributed by atoms with Gasteiger partial charge in [0.2, 0.25) is 0 Å². The first-order valence-electron chi connectivity index (χ1n) is 9.92. The average Bonchev–Trinajstić information content (AvgIpc) is 3.01. The fourth-order valence-corrected chi connectivity index (χ4v) is 4.58. The van der Waals surface area contributed by atoms with Crippen molar-refractivity contribution in [3.63, 3.8) is 0 Å². The highest BCUT2D eigenvalue weighted by Crippen LogP contribution is 2.30. The Morgan fingerprint density at radius 3 is 2.75 bits per heavy atom. The van der Waals surface area contributed by atoms with Crippen LogP contribution in [0, 0.1) is 19.8 Å². The lowest BCUT2D eigenvalue weighted by atomic mass is 9.94. The largest absolute Gasteiger partial charge is 0.496 e. The molecular formula is C24H28N2O2. The summed E-state index contributed by atoms with van der Waals surface area (Å²) in [5.74, 6) is 1.19. The van der Waals surface area contributed by atoms with Gasteiger partial charge in [0.15, 0.2) is 0 Å². The molecule has 0 radical (unpaired) electrons. The van der Waals surface area contributed by atoms with E-state index < -0.39 is 0 Å². The van der Waals surface area contributed by atoms with Crippen LogP contribution in [0.2, 0.25) is 0 Å². The van der Waals surface area contributed by atoms with Gasteiger partial charge in [0, 0.05) is 42.7 Å². The molecule has 0 aliphatic carbocycles. The monoisotopic (exact) mass is 376 g/mol. The van der Waals surface area contributed by atoms with E-state index in [1.54, 1.807) is 7.11 Å². The van der Waals surface area contributed by atoms with E-state index in [-0.39, 0.29) is 12.0 Å². The summed E-state index contributed by atoms with van der Waals surface area (Å²) >= 11 is 0. The van der Waals surface area contributed by atoms with Gasteiger partial charge in [-0.15, -0.1) is 0 Å². The van der Waals surface area contributed by atoms with Crippen molar-refractivity contribution >= 4 is 10.9 Å². The van der Waals surface area contributed by atoms with E-state index in [4.69, 9.17) is 4.74 Å². The predicted molar refractivity (Wildman–Crippen MR) is 113 cm³/mol. The van der Waals surface area contributed by atoms with Gasteiger partial charge < -0.3 is 9.84 Å². The average molecular weight is 377 g/mol. The Labute approximate surface area is 166 Å².